The van der Waals surface area contributed by atoms with Crippen molar-refractivity contribution in [3.8, 4) is 0 Å². The largest absolute Gasteiger partial charge is 0.369 e. The zero-order valence-corrected chi connectivity index (χ0v) is 19.3. The van der Waals surface area contributed by atoms with Crippen molar-refractivity contribution in [1.29, 1.82) is 0 Å². The highest BCUT2D eigenvalue weighted by Gasteiger charge is 2.23. The number of aryl methyl sites for hydroxylation is 1. The maximum atomic E-state index is 6.12. The van der Waals surface area contributed by atoms with Crippen LogP contribution in [0.15, 0.2) is 41.9 Å². The first-order valence-corrected chi connectivity index (χ1v) is 10.00. The van der Waals surface area contributed by atoms with Gasteiger partial charge >= 0.3 is 0 Å². The van der Waals surface area contributed by atoms with Crippen molar-refractivity contribution in [2.24, 2.45) is 4.99 Å². The number of aromatic nitrogens is 3. The molecule has 0 bridgehead atoms. The Labute approximate surface area is 189 Å². The molecule has 28 heavy (non-hydrogen) atoms. The van der Waals surface area contributed by atoms with Crippen LogP contribution in [0.3, 0.4) is 0 Å². The Morgan fingerprint density at radius 3 is 2.86 bits per heavy atom. The van der Waals surface area contributed by atoms with Crippen LogP contribution in [0.25, 0.3) is 0 Å². The number of hydrogen-bond donors (Lipinski definition) is 2. The van der Waals surface area contributed by atoms with Crippen molar-refractivity contribution in [3.05, 3.63) is 41.9 Å². The van der Waals surface area contributed by atoms with Crippen molar-refractivity contribution in [1.82, 2.24) is 25.4 Å². The number of benzene rings is 1. The van der Waals surface area contributed by atoms with Gasteiger partial charge in [0.05, 0.1) is 0 Å². The summed E-state index contributed by atoms with van der Waals surface area (Å²) in [5, 5.41) is 15.3. The van der Waals surface area contributed by atoms with Gasteiger partial charge in [-0.15, -0.1) is 34.2 Å². The molecule has 1 fully saturated rings. The highest BCUT2D eigenvalue weighted by Crippen LogP contribution is 2.23. The van der Waals surface area contributed by atoms with Crippen LogP contribution in [0, 0.1) is 0 Å². The molecule has 1 saturated heterocycles. The van der Waals surface area contributed by atoms with Gasteiger partial charge in [-0.2, -0.15) is 0 Å². The molecule has 9 heteroatoms. The second-order valence-corrected chi connectivity index (χ2v) is 7.16. The van der Waals surface area contributed by atoms with Crippen LogP contribution < -0.4 is 15.5 Å². The first-order chi connectivity index (χ1) is 13.2. The third kappa shape index (κ3) is 7.12. The lowest BCUT2D eigenvalue weighted by Crippen LogP contribution is -2.44. The van der Waals surface area contributed by atoms with Crippen LogP contribution in [0.2, 0.25) is 5.02 Å². The lowest BCUT2D eigenvalue weighted by Gasteiger charge is -2.20. The second kappa shape index (κ2) is 12.1. The number of nitrogens with one attached hydrogen (secondary N) is 2. The number of unbranched alkanes of at least 4 members (excludes halogenated alkanes) is 1. The maximum Gasteiger partial charge on any atom is 0.191 e. The van der Waals surface area contributed by atoms with Crippen LogP contribution in [0.4, 0.5) is 5.69 Å². The third-order valence-electron chi connectivity index (χ3n) is 4.61. The minimum Gasteiger partial charge on any atom is -0.369 e. The van der Waals surface area contributed by atoms with Crippen molar-refractivity contribution < 1.29 is 0 Å². The second-order valence-electron chi connectivity index (χ2n) is 6.72. The molecule has 0 aliphatic carbocycles. The standard InChI is InChI=1S/C19H28ClN7.HI/c1-2-21-19(22-9-3-4-10-26-14-23-24-15-26)25-17-8-11-27(13-17)18-7-5-6-16(20)12-18;/h5-7,12,14-15,17H,2-4,8-11,13H2,1H3,(H2,21,22,25);1H. The van der Waals surface area contributed by atoms with Gasteiger partial charge in [0.15, 0.2) is 5.96 Å². The summed E-state index contributed by atoms with van der Waals surface area (Å²) in [5.74, 6) is 0.903. The Kier molecular flexibility index (Phi) is 9.83. The predicted octanol–water partition coefficient (Wildman–Crippen LogP) is 3.16. The van der Waals surface area contributed by atoms with Crippen molar-refractivity contribution >= 4 is 47.2 Å². The van der Waals surface area contributed by atoms with Gasteiger partial charge in [-0.05, 0) is 44.4 Å². The summed E-state index contributed by atoms with van der Waals surface area (Å²) in [4.78, 5) is 7.09. The number of guanidine groups is 1. The van der Waals surface area contributed by atoms with E-state index in [2.05, 4.69) is 38.7 Å². The van der Waals surface area contributed by atoms with Gasteiger partial charge in [-0.25, -0.2) is 0 Å². The zero-order chi connectivity index (χ0) is 18.9. The van der Waals surface area contributed by atoms with Crippen molar-refractivity contribution in [2.75, 3.05) is 31.1 Å². The molecule has 1 aromatic heterocycles. The van der Waals surface area contributed by atoms with Gasteiger partial charge in [0.1, 0.15) is 12.7 Å². The lowest BCUT2D eigenvalue weighted by atomic mass is 10.2. The van der Waals surface area contributed by atoms with E-state index in [0.29, 0.717) is 6.04 Å². The minimum absolute atomic E-state index is 0. The molecule has 2 N–H and O–H groups in total. The highest BCUT2D eigenvalue weighted by molar-refractivity contribution is 14.0. The summed E-state index contributed by atoms with van der Waals surface area (Å²) in [7, 11) is 0. The molecule has 1 unspecified atom stereocenters. The molecule has 7 nitrogen and oxygen atoms in total. The molecule has 1 atom stereocenters. The Morgan fingerprint density at radius 2 is 2.11 bits per heavy atom. The first-order valence-electron chi connectivity index (χ1n) is 9.62. The van der Waals surface area contributed by atoms with Gasteiger partial charge in [-0.3, -0.25) is 4.99 Å². The fourth-order valence-corrected chi connectivity index (χ4v) is 3.42. The highest BCUT2D eigenvalue weighted by atomic mass is 127. The predicted molar refractivity (Wildman–Crippen MR) is 126 cm³/mol. The molecule has 0 amide bonds. The summed E-state index contributed by atoms with van der Waals surface area (Å²) in [6.45, 7) is 6.67. The van der Waals surface area contributed by atoms with E-state index >= 15 is 0 Å². The Hall–Kier alpha value is -1.55. The summed E-state index contributed by atoms with van der Waals surface area (Å²) in [6.07, 6.45) is 6.69. The lowest BCUT2D eigenvalue weighted by molar-refractivity contribution is 0.607. The number of aliphatic imine (C=N–C) groups is 1. The minimum atomic E-state index is 0. The molecule has 0 spiro atoms. The average molecular weight is 518 g/mol. The normalized spacial score (nSPS) is 16.7. The van der Waals surface area contributed by atoms with E-state index in [9.17, 15) is 0 Å². The number of rotatable bonds is 8. The van der Waals surface area contributed by atoms with Crippen LogP contribution in [-0.2, 0) is 6.54 Å². The van der Waals surface area contributed by atoms with Crippen LogP contribution in [-0.4, -0.2) is 52.9 Å². The zero-order valence-electron chi connectivity index (χ0n) is 16.2. The van der Waals surface area contributed by atoms with Crippen molar-refractivity contribution in [2.45, 2.75) is 38.8 Å². The van der Waals surface area contributed by atoms with Gasteiger partial charge in [-0.1, -0.05) is 17.7 Å². The van der Waals surface area contributed by atoms with Gasteiger partial charge in [0.2, 0.25) is 0 Å². The van der Waals surface area contributed by atoms with E-state index in [-0.39, 0.29) is 24.0 Å². The van der Waals surface area contributed by atoms with Crippen LogP contribution in [0.5, 0.6) is 0 Å². The molecule has 154 valence electrons. The monoisotopic (exact) mass is 517 g/mol. The summed E-state index contributed by atoms with van der Waals surface area (Å²) in [5.41, 5.74) is 1.18. The van der Waals surface area contributed by atoms with E-state index in [4.69, 9.17) is 16.6 Å². The van der Waals surface area contributed by atoms with E-state index in [1.54, 1.807) is 12.7 Å². The summed E-state index contributed by atoms with van der Waals surface area (Å²) in [6, 6.07) is 8.45. The van der Waals surface area contributed by atoms with E-state index in [1.165, 1.54) is 5.69 Å². The molecule has 1 aromatic carbocycles. The van der Waals surface area contributed by atoms with E-state index in [0.717, 1.165) is 63.0 Å². The average Bonchev–Trinajstić information content (AvgIpc) is 3.33. The van der Waals surface area contributed by atoms with E-state index < -0.39 is 0 Å². The van der Waals surface area contributed by atoms with Crippen LogP contribution in [0.1, 0.15) is 26.2 Å². The smallest absolute Gasteiger partial charge is 0.191 e. The quantitative estimate of drug-likeness (QED) is 0.244. The van der Waals surface area contributed by atoms with Gasteiger partial charge in [0.25, 0.3) is 0 Å². The Morgan fingerprint density at radius 1 is 1.29 bits per heavy atom. The molecule has 2 heterocycles. The topological polar surface area (TPSA) is 70.4 Å². The molecule has 2 aromatic rings. The third-order valence-corrected chi connectivity index (χ3v) is 4.84. The Bertz CT molecular complexity index is 723. The van der Waals surface area contributed by atoms with Crippen molar-refractivity contribution in [3.63, 3.8) is 0 Å². The number of nitrogens with zero attached hydrogens (tertiary/aromatic N) is 5. The fraction of sp³-hybridized carbons (Fsp3) is 0.526. The Balaban J connectivity index is 0.00000280. The summed E-state index contributed by atoms with van der Waals surface area (Å²) < 4.78 is 2.00. The maximum absolute atomic E-state index is 6.12. The SMILES string of the molecule is CCNC(=NCCCCn1cnnc1)NC1CCN(c2cccc(Cl)c2)C1.I. The molecule has 3 rings (SSSR count). The molecule has 0 saturated carbocycles. The summed E-state index contributed by atoms with van der Waals surface area (Å²) >= 11 is 6.12. The number of anilines is 1. The number of halogens is 2. The first kappa shape index (κ1) is 22.7. The molecular formula is C19H29ClIN7. The molecule has 1 aliphatic heterocycles. The molecular weight excluding hydrogens is 489 g/mol. The molecule has 1 aliphatic rings. The fourth-order valence-electron chi connectivity index (χ4n) is 3.23. The van der Waals surface area contributed by atoms with Gasteiger partial charge in [0, 0.05) is 49.5 Å². The van der Waals surface area contributed by atoms with Crippen LogP contribution >= 0.6 is 35.6 Å². The molecule has 0 radical (unpaired) electrons. The number of hydrogen-bond acceptors (Lipinski definition) is 4. The van der Waals surface area contributed by atoms with Gasteiger partial charge < -0.3 is 20.1 Å². The van der Waals surface area contributed by atoms with E-state index in [1.807, 2.05) is 22.8 Å².